The van der Waals surface area contributed by atoms with Crippen LogP contribution in [0.15, 0.2) is 106 Å². The fourth-order valence-corrected chi connectivity index (χ4v) is 6.04. The maximum absolute atomic E-state index is 13.2. The molecule has 8 nitrogen and oxygen atoms in total. The highest BCUT2D eigenvalue weighted by Crippen LogP contribution is 2.24. The minimum absolute atomic E-state index is 0.159. The van der Waals surface area contributed by atoms with Gasteiger partial charge in [-0.1, -0.05) is 78.1 Å². The van der Waals surface area contributed by atoms with Gasteiger partial charge >= 0.3 is 5.97 Å². The zero-order valence-corrected chi connectivity index (χ0v) is 27.4. The molecule has 1 aliphatic rings. The van der Waals surface area contributed by atoms with Gasteiger partial charge in [0, 0.05) is 11.6 Å². The number of allylic oxidation sites excluding steroid dienone is 1. The zero-order chi connectivity index (χ0) is 32.6. The molecule has 2 heterocycles. The number of carbonyl (C=O) groups is 1. The lowest BCUT2D eigenvalue weighted by molar-refractivity contribution is -0.138. The van der Waals surface area contributed by atoms with Crippen LogP contribution >= 0.6 is 11.3 Å². The highest BCUT2D eigenvalue weighted by molar-refractivity contribution is 7.07. The van der Waals surface area contributed by atoms with Crippen LogP contribution in [0.5, 0.6) is 17.2 Å². The van der Waals surface area contributed by atoms with E-state index in [1.165, 1.54) is 21.3 Å². The number of para-hydroxylation sites is 1. The second-order valence-corrected chi connectivity index (χ2v) is 11.5. The van der Waals surface area contributed by atoms with E-state index in [0.717, 1.165) is 33.6 Å². The molecule has 0 saturated carbocycles. The highest BCUT2D eigenvalue weighted by Gasteiger charge is 2.21. The molecule has 46 heavy (non-hydrogen) atoms. The van der Waals surface area contributed by atoms with Gasteiger partial charge in [0.25, 0.3) is 5.56 Å². The molecular weight excluding hydrogens is 600 g/mol. The summed E-state index contributed by atoms with van der Waals surface area (Å²) in [5, 5.41) is 2.32. The Kier molecular flexibility index (Phi) is 10.3. The minimum Gasteiger partial charge on any atom is -0.497 e. The Morgan fingerprint density at radius 2 is 1.70 bits per heavy atom. The zero-order valence-electron chi connectivity index (χ0n) is 26.5. The molecule has 0 amide bonds. The maximum atomic E-state index is 13.2. The van der Waals surface area contributed by atoms with Crippen LogP contribution in [0.25, 0.3) is 16.8 Å². The number of esters is 1. The molecule has 0 radical (unpaired) electrons. The van der Waals surface area contributed by atoms with Gasteiger partial charge in [-0.15, -0.1) is 0 Å². The molecule has 0 saturated heterocycles. The average Bonchev–Trinajstić information content (AvgIpc) is 3.37. The Morgan fingerprint density at radius 3 is 2.48 bits per heavy atom. The number of nitrogens with zero attached hydrogens (tertiary/aromatic N) is 2. The van der Waals surface area contributed by atoms with E-state index in [2.05, 4.69) is 29.3 Å². The largest absolute Gasteiger partial charge is 0.497 e. The van der Waals surface area contributed by atoms with Gasteiger partial charge in [-0.3, -0.25) is 9.36 Å². The van der Waals surface area contributed by atoms with Crippen LogP contribution < -0.4 is 29.1 Å². The summed E-state index contributed by atoms with van der Waals surface area (Å²) in [7, 11) is 3.30. The first-order valence-corrected chi connectivity index (χ1v) is 15.7. The molecule has 0 fully saturated rings. The van der Waals surface area contributed by atoms with Gasteiger partial charge in [0.1, 0.15) is 23.9 Å². The van der Waals surface area contributed by atoms with Crippen molar-refractivity contribution in [1.82, 2.24) is 4.57 Å². The van der Waals surface area contributed by atoms with Crippen molar-refractivity contribution in [1.29, 1.82) is 0 Å². The molecule has 1 aromatic heterocycles. The van der Waals surface area contributed by atoms with Gasteiger partial charge in [0.15, 0.2) is 4.80 Å². The third kappa shape index (κ3) is 7.21. The number of hydrogen-bond donors (Lipinski definition) is 0. The predicted molar refractivity (Wildman–Crippen MR) is 181 cm³/mol. The first kappa shape index (κ1) is 32.2. The molecule has 0 bridgehead atoms. The van der Waals surface area contributed by atoms with Crippen molar-refractivity contribution >= 4 is 34.2 Å². The Morgan fingerprint density at radius 1 is 0.935 bits per heavy atom. The number of thiazole rings is 1. The van der Waals surface area contributed by atoms with Gasteiger partial charge in [0.05, 0.1) is 43.2 Å². The molecular formula is C37H36N2O6S. The Hall–Kier alpha value is -5.15. The van der Waals surface area contributed by atoms with Crippen molar-refractivity contribution in [3.05, 3.63) is 133 Å². The van der Waals surface area contributed by atoms with Gasteiger partial charge in [0.2, 0.25) is 0 Å². The third-order valence-electron chi connectivity index (χ3n) is 7.51. The lowest BCUT2D eigenvalue weighted by atomic mass is 10.1. The van der Waals surface area contributed by atoms with Crippen LogP contribution in [0.4, 0.5) is 0 Å². The predicted octanol–water partition coefficient (Wildman–Crippen LogP) is 5.95. The summed E-state index contributed by atoms with van der Waals surface area (Å²) >= 11 is 1.30. The number of hydrogen-bond acceptors (Lipinski definition) is 8. The Labute approximate surface area is 271 Å². The number of fused-ring (bicyclic) bond motifs is 2. The van der Waals surface area contributed by atoms with Crippen molar-refractivity contribution in [2.45, 2.75) is 33.9 Å². The van der Waals surface area contributed by atoms with E-state index in [1.54, 1.807) is 28.1 Å². The Bertz CT molecular complexity index is 2090. The van der Waals surface area contributed by atoms with Crippen molar-refractivity contribution in [3.8, 4) is 17.2 Å². The molecule has 0 aliphatic carbocycles. The van der Waals surface area contributed by atoms with E-state index < -0.39 is 5.97 Å². The number of benzene rings is 4. The maximum Gasteiger partial charge on any atom is 0.337 e. The summed E-state index contributed by atoms with van der Waals surface area (Å²) in [6.45, 7) is 6.36. The van der Waals surface area contributed by atoms with E-state index in [1.807, 2.05) is 73.7 Å². The first-order chi connectivity index (χ1) is 22.3. The number of aromatic nitrogens is 1. The van der Waals surface area contributed by atoms with Crippen LogP contribution in [0.3, 0.4) is 0 Å². The molecule has 0 unspecified atom stereocenters. The molecule has 0 atom stereocenters. The number of rotatable bonds is 8. The van der Waals surface area contributed by atoms with Crippen LogP contribution in [0.1, 0.15) is 30.5 Å². The third-order valence-corrected chi connectivity index (χ3v) is 8.52. The standard InChI is InChI=1S/C28H24N2O4S.C9H12O2/c1-3-33-27(32)23-16-30-26(31)25(35-28(30)29-18(23)2)15-20-10-5-7-14-24(20)34-17-21-12-8-11-19-9-4-6-13-22(19)21;1-7-4-5-8(10-2)6-9(7)11-3/h4-15H,3,16-17H2,1-2H3;4-6H,1-3H3/b25-15-;. The van der Waals surface area contributed by atoms with E-state index in [4.69, 9.17) is 18.9 Å². The van der Waals surface area contributed by atoms with E-state index in [-0.39, 0.29) is 18.7 Å². The van der Waals surface area contributed by atoms with Crippen molar-refractivity contribution < 1.29 is 23.7 Å². The second kappa shape index (κ2) is 14.8. The summed E-state index contributed by atoms with van der Waals surface area (Å²) in [5.74, 6) is 1.95. The summed E-state index contributed by atoms with van der Waals surface area (Å²) in [5.41, 5.74) is 3.82. The lowest BCUT2D eigenvalue weighted by Gasteiger charge is -2.12. The van der Waals surface area contributed by atoms with Crippen LogP contribution in [-0.2, 0) is 22.7 Å². The molecule has 6 rings (SSSR count). The molecule has 1 aliphatic heterocycles. The summed E-state index contributed by atoms with van der Waals surface area (Å²) in [4.78, 5) is 30.5. The van der Waals surface area contributed by atoms with Gasteiger partial charge in [-0.25, -0.2) is 9.79 Å². The topological polar surface area (TPSA) is 88.4 Å². The van der Waals surface area contributed by atoms with Crippen LogP contribution in [0, 0.1) is 6.92 Å². The summed E-state index contributed by atoms with van der Waals surface area (Å²) < 4.78 is 23.5. The SMILES string of the molecule is CCOC(=O)C1=C(C)N=c2s/c(=C\c3ccccc3OCc3cccc4ccccc34)c(=O)n2C1.COc1ccc(C)c(OC)c1. The van der Waals surface area contributed by atoms with Gasteiger partial charge in [-0.2, -0.15) is 0 Å². The molecule has 0 N–H and O–H groups in total. The van der Waals surface area contributed by atoms with E-state index >= 15 is 0 Å². The van der Waals surface area contributed by atoms with Crippen molar-refractivity contribution in [2.24, 2.45) is 4.99 Å². The van der Waals surface area contributed by atoms with E-state index in [9.17, 15) is 9.59 Å². The number of methoxy groups -OCH3 is 2. The summed E-state index contributed by atoms with van der Waals surface area (Å²) in [6, 6.07) is 27.8. The number of carbonyl (C=O) groups excluding carboxylic acids is 1. The van der Waals surface area contributed by atoms with Crippen molar-refractivity contribution in [3.63, 3.8) is 0 Å². The lowest BCUT2D eigenvalue weighted by Crippen LogP contribution is -2.35. The molecule has 0 spiro atoms. The number of aryl methyl sites for hydroxylation is 1. The fraction of sp³-hybridized carbons (Fsp3) is 0.216. The van der Waals surface area contributed by atoms with Gasteiger partial charge < -0.3 is 18.9 Å². The second-order valence-electron chi connectivity index (χ2n) is 10.5. The molecule has 9 heteroatoms. The molecule has 4 aromatic carbocycles. The monoisotopic (exact) mass is 636 g/mol. The number of ether oxygens (including phenoxy) is 4. The van der Waals surface area contributed by atoms with E-state index in [0.29, 0.717) is 33.0 Å². The normalized spacial score (nSPS) is 12.5. The summed E-state index contributed by atoms with van der Waals surface area (Å²) in [6.07, 6.45) is 1.83. The van der Waals surface area contributed by atoms with Crippen molar-refractivity contribution in [2.75, 3.05) is 20.8 Å². The molecule has 236 valence electrons. The van der Waals surface area contributed by atoms with Gasteiger partial charge in [-0.05, 0) is 60.9 Å². The Balaban J connectivity index is 0.000000322. The minimum atomic E-state index is -0.435. The fourth-order valence-electron chi connectivity index (χ4n) is 5.02. The highest BCUT2D eigenvalue weighted by atomic mass is 32.1. The first-order valence-electron chi connectivity index (χ1n) is 14.9. The van der Waals surface area contributed by atoms with Crippen LogP contribution in [0.2, 0.25) is 0 Å². The molecule has 5 aromatic rings. The van der Waals surface area contributed by atoms with Crippen LogP contribution in [-0.4, -0.2) is 31.4 Å². The average molecular weight is 637 g/mol. The quantitative estimate of drug-likeness (QED) is 0.196. The smallest absolute Gasteiger partial charge is 0.337 e.